The molecule has 122 valence electrons. The number of aromatic nitrogens is 1. The van der Waals surface area contributed by atoms with Gasteiger partial charge in [0, 0.05) is 32.0 Å². The van der Waals surface area contributed by atoms with Crippen LogP contribution >= 0.6 is 0 Å². The Kier molecular flexibility index (Phi) is 5.51. The quantitative estimate of drug-likeness (QED) is 0.848. The lowest BCUT2D eigenvalue weighted by Gasteiger charge is -2.15. The number of hydrogen-bond donors (Lipinski definition) is 1. The van der Waals surface area contributed by atoms with Crippen LogP contribution in [0.4, 0.5) is 0 Å². The van der Waals surface area contributed by atoms with E-state index >= 15 is 0 Å². The van der Waals surface area contributed by atoms with Crippen molar-refractivity contribution < 1.29 is 19.1 Å². The lowest BCUT2D eigenvalue weighted by Crippen LogP contribution is -2.29. The summed E-state index contributed by atoms with van der Waals surface area (Å²) in [5.74, 6) is 0.133. The predicted octanol–water partition coefficient (Wildman–Crippen LogP) is 2.52. The molecule has 6 nitrogen and oxygen atoms in total. The molecule has 0 spiro atoms. The number of amides is 1. The van der Waals surface area contributed by atoms with Crippen LogP contribution in [0, 0.1) is 6.92 Å². The van der Waals surface area contributed by atoms with Crippen molar-refractivity contribution in [3.05, 3.63) is 41.9 Å². The van der Waals surface area contributed by atoms with E-state index in [1.807, 2.05) is 31.2 Å². The van der Waals surface area contributed by atoms with Gasteiger partial charge < -0.3 is 14.4 Å². The molecule has 0 fully saturated rings. The van der Waals surface area contributed by atoms with Crippen molar-refractivity contribution in [2.24, 2.45) is 0 Å². The van der Waals surface area contributed by atoms with Gasteiger partial charge in [-0.1, -0.05) is 29.8 Å². The monoisotopic (exact) mass is 316 g/mol. The maximum Gasteiger partial charge on any atom is 0.305 e. The third kappa shape index (κ3) is 4.95. The van der Waals surface area contributed by atoms with Crippen molar-refractivity contribution in [1.82, 2.24) is 9.88 Å². The molecule has 1 N–H and O–H groups in total. The highest BCUT2D eigenvalue weighted by atomic mass is 16.4. The van der Waals surface area contributed by atoms with Gasteiger partial charge in [-0.3, -0.25) is 9.59 Å². The number of oxazole rings is 1. The van der Waals surface area contributed by atoms with Gasteiger partial charge in [0.15, 0.2) is 11.7 Å². The number of carboxylic acid groups (broad SMARTS) is 1. The minimum atomic E-state index is -0.917. The van der Waals surface area contributed by atoms with Gasteiger partial charge in [0.1, 0.15) is 0 Å². The van der Waals surface area contributed by atoms with Gasteiger partial charge in [0.25, 0.3) is 0 Å². The number of carbonyl (C=O) groups excluding carboxylic acids is 1. The van der Waals surface area contributed by atoms with E-state index in [-0.39, 0.29) is 25.3 Å². The van der Waals surface area contributed by atoms with E-state index in [9.17, 15) is 9.59 Å². The van der Waals surface area contributed by atoms with Gasteiger partial charge in [0.05, 0.1) is 12.6 Å². The summed E-state index contributed by atoms with van der Waals surface area (Å²) in [6, 6.07) is 7.92. The summed E-state index contributed by atoms with van der Waals surface area (Å²) < 4.78 is 5.66. The summed E-state index contributed by atoms with van der Waals surface area (Å²) in [5.41, 5.74) is 2.11. The average molecular weight is 316 g/mol. The number of benzene rings is 1. The summed E-state index contributed by atoms with van der Waals surface area (Å²) in [4.78, 5) is 28.0. The smallest absolute Gasteiger partial charge is 0.305 e. The first kappa shape index (κ1) is 16.7. The highest BCUT2D eigenvalue weighted by Crippen LogP contribution is 2.21. The maximum absolute atomic E-state index is 11.9. The molecule has 2 aromatic rings. The molecule has 0 aliphatic carbocycles. The molecule has 0 saturated carbocycles. The lowest BCUT2D eigenvalue weighted by atomic mass is 10.1. The minimum absolute atomic E-state index is 0.0567. The van der Waals surface area contributed by atoms with Crippen LogP contribution in [0.25, 0.3) is 11.3 Å². The zero-order valence-corrected chi connectivity index (χ0v) is 13.3. The highest BCUT2D eigenvalue weighted by Gasteiger charge is 2.13. The third-order valence-electron chi connectivity index (χ3n) is 3.53. The second-order valence-corrected chi connectivity index (χ2v) is 5.44. The fourth-order valence-corrected chi connectivity index (χ4v) is 2.07. The highest BCUT2D eigenvalue weighted by molar-refractivity contribution is 5.76. The summed E-state index contributed by atoms with van der Waals surface area (Å²) in [6.07, 6.45) is 2.23. The Morgan fingerprint density at radius 3 is 2.57 bits per heavy atom. The number of aryl methyl sites for hydroxylation is 2. The Morgan fingerprint density at radius 2 is 1.91 bits per heavy atom. The minimum Gasteiger partial charge on any atom is -0.481 e. The van der Waals surface area contributed by atoms with Crippen LogP contribution in [0.1, 0.15) is 24.3 Å². The molecule has 1 aromatic carbocycles. The molecule has 0 saturated heterocycles. The molecule has 0 radical (unpaired) electrons. The molecule has 0 aliphatic rings. The van der Waals surface area contributed by atoms with Crippen molar-refractivity contribution in [3.63, 3.8) is 0 Å². The number of carbonyl (C=O) groups is 2. The standard InChI is InChI=1S/C17H20N2O4/c1-12-3-5-13(6-4-12)14-11-18-15(23-14)7-8-16(20)19(2)10-9-17(21)22/h3-6,11H,7-10H2,1-2H3,(H,21,22). The van der Waals surface area contributed by atoms with Gasteiger partial charge in [-0.15, -0.1) is 0 Å². The third-order valence-corrected chi connectivity index (χ3v) is 3.53. The van der Waals surface area contributed by atoms with E-state index in [1.54, 1.807) is 13.2 Å². The Labute approximate surface area is 134 Å². The molecular weight excluding hydrogens is 296 g/mol. The van der Waals surface area contributed by atoms with Gasteiger partial charge in [-0.05, 0) is 6.92 Å². The molecular formula is C17H20N2O4. The fraction of sp³-hybridized carbons (Fsp3) is 0.353. The summed E-state index contributed by atoms with van der Waals surface area (Å²) >= 11 is 0. The Morgan fingerprint density at radius 1 is 1.22 bits per heavy atom. The normalized spacial score (nSPS) is 10.5. The van der Waals surface area contributed by atoms with Gasteiger partial charge >= 0.3 is 5.97 Å². The Hall–Kier alpha value is -2.63. The molecule has 0 bridgehead atoms. The van der Waals surface area contributed by atoms with E-state index in [2.05, 4.69) is 4.98 Å². The van der Waals surface area contributed by atoms with E-state index in [0.29, 0.717) is 18.1 Å². The van der Waals surface area contributed by atoms with E-state index in [1.165, 1.54) is 10.5 Å². The second-order valence-electron chi connectivity index (χ2n) is 5.44. The van der Waals surface area contributed by atoms with Crippen LogP contribution in [0.15, 0.2) is 34.9 Å². The number of nitrogens with zero attached hydrogens (tertiary/aromatic N) is 2. The van der Waals surface area contributed by atoms with Crippen molar-refractivity contribution in [2.45, 2.75) is 26.2 Å². The Balaban J connectivity index is 1.88. The molecule has 0 aliphatic heterocycles. The zero-order valence-electron chi connectivity index (χ0n) is 13.3. The van der Waals surface area contributed by atoms with Crippen LogP contribution in [0.2, 0.25) is 0 Å². The molecule has 1 aromatic heterocycles. The molecule has 0 atom stereocenters. The Bertz CT molecular complexity index is 676. The first-order valence-electron chi connectivity index (χ1n) is 7.43. The van der Waals surface area contributed by atoms with Crippen molar-refractivity contribution in [1.29, 1.82) is 0 Å². The van der Waals surface area contributed by atoms with Crippen LogP contribution in [-0.4, -0.2) is 40.5 Å². The van der Waals surface area contributed by atoms with E-state index in [4.69, 9.17) is 9.52 Å². The van der Waals surface area contributed by atoms with Crippen molar-refractivity contribution >= 4 is 11.9 Å². The predicted molar refractivity (Wildman–Crippen MR) is 84.9 cm³/mol. The molecule has 0 unspecified atom stereocenters. The van der Waals surface area contributed by atoms with E-state index < -0.39 is 5.97 Å². The zero-order chi connectivity index (χ0) is 16.8. The van der Waals surface area contributed by atoms with Gasteiger partial charge in [0.2, 0.25) is 5.91 Å². The van der Waals surface area contributed by atoms with Crippen molar-refractivity contribution in [2.75, 3.05) is 13.6 Å². The molecule has 2 rings (SSSR count). The van der Waals surface area contributed by atoms with Crippen LogP contribution in [0.5, 0.6) is 0 Å². The second kappa shape index (κ2) is 7.58. The maximum atomic E-state index is 11.9. The first-order valence-corrected chi connectivity index (χ1v) is 7.43. The van der Waals surface area contributed by atoms with Crippen LogP contribution < -0.4 is 0 Å². The number of rotatable bonds is 7. The fourth-order valence-electron chi connectivity index (χ4n) is 2.07. The average Bonchev–Trinajstić information content (AvgIpc) is 2.99. The number of aliphatic carboxylic acids is 1. The SMILES string of the molecule is Cc1ccc(-c2cnc(CCC(=O)N(C)CCC(=O)O)o2)cc1. The van der Waals surface area contributed by atoms with E-state index in [0.717, 1.165) is 5.56 Å². The van der Waals surface area contributed by atoms with Crippen LogP contribution in [0.3, 0.4) is 0 Å². The summed E-state index contributed by atoms with van der Waals surface area (Å²) in [5, 5.41) is 8.62. The molecule has 6 heteroatoms. The molecule has 1 heterocycles. The summed E-state index contributed by atoms with van der Waals surface area (Å²) in [7, 11) is 1.60. The molecule has 1 amide bonds. The number of hydrogen-bond acceptors (Lipinski definition) is 4. The first-order chi connectivity index (χ1) is 11.0. The summed E-state index contributed by atoms with van der Waals surface area (Å²) in [6.45, 7) is 2.22. The van der Waals surface area contributed by atoms with Crippen LogP contribution in [-0.2, 0) is 16.0 Å². The lowest BCUT2D eigenvalue weighted by molar-refractivity contribution is -0.138. The van der Waals surface area contributed by atoms with Gasteiger partial charge in [-0.25, -0.2) is 4.98 Å². The topological polar surface area (TPSA) is 83.6 Å². The van der Waals surface area contributed by atoms with Crippen molar-refractivity contribution in [3.8, 4) is 11.3 Å². The van der Waals surface area contributed by atoms with Gasteiger partial charge in [-0.2, -0.15) is 0 Å². The largest absolute Gasteiger partial charge is 0.481 e. The number of carboxylic acids is 1. The molecule has 23 heavy (non-hydrogen) atoms.